The van der Waals surface area contributed by atoms with Crippen LogP contribution in [-0.4, -0.2) is 78.0 Å². The maximum Gasteiger partial charge on any atom is 0.339 e. The summed E-state index contributed by atoms with van der Waals surface area (Å²) < 4.78 is 61.4. The van der Waals surface area contributed by atoms with Crippen molar-refractivity contribution < 1.29 is 46.4 Å². The van der Waals surface area contributed by atoms with E-state index in [0.717, 1.165) is 22.9 Å². The number of hydrogen-bond donors (Lipinski definition) is 2. The lowest BCUT2D eigenvalue weighted by Crippen LogP contribution is -2.56. The lowest BCUT2D eigenvalue weighted by molar-refractivity contribution is -0.187. The fourth-order valence-corrected chi connectivity index (χ4v) is 6.97. The van der Waals surface area contributed by atoms with Gasteiger partial charge in [0.15, 0.2) is 11.7 Å². The number of carbonyl (C=O) groups excluding carboxylic acids is 2. The molecule has 0 bridgehead atoms. The van der Waals surface area contributed by atoms with Crippen LogP contribution in [0.1, 0.15) is 55.9 Å². The first-order valence-corrected chi connectivity index (χ1v) is 20.7. The molecule has 0 radical (unpaired) electrons. The summed E-state index contributed by atoms with van der Waals surface area (Å²) in [5, 5.41) is 0. The zero-order valence-electron chi connectivity index (χ0n) is 32.8. The molecule has 0 amide bonds. The quantitative estimate of drug-likeness (QED) is 0.0622. The van der Waals surface area contributed by atoms with Crippen LogP contribution >= 0.6 is 0 Å². The topological polar surface area (TPSA) is 162 Å². The number of nitrogens with two attached hydrogens (primary N) is 1. The van der Waals surface area contributed by atoms with Gasteiger partial charge in [0.2, 0.25) is 10.0 Å². The average Bonchev–Trinajstić information content (AvgIpc) is 3.17. The van der Waals surface area contributed by atoms with E-state index in [0.29, 0.717) is 54.5 Å². The molecule has 0 saturated heterocycles. The number of sulfonamides is 1. The van der Waals surface area contributed by atoms with Gasteiger partial charge in [-0.15, -0.1) is 0 Å². The molecule has 0 heterocycles. The summed E-state index contributed by atoms with van der Waals surface area (Å²) in [4.78, 5) is 28.0. The van der Waals surface area contributed by atoms with Gasteiger partial charge in [-0.1, -0.05) is 48.5 Å². The van der Waals surface area contributed by atoms with Gasteiger partial charge in [0.25, 0.3) is 0 Å². The molecule has 0 aliphatic heterocycles. The molecule has 0 aliphatic carbocycles. The molecule has 302 valence electrons. The van der Waals surface area contributed by atoms with Crippen molar-refractivity contribution in [1.29, 1.82) is 0 Å². The Labute approximate surface area is 330 Å². The highest BCUT2D eigenvalue weighted by Crippen LogP contribution is 2.41. The predicted molar refractivity (Wildman–Crippen MR) is 217 cm³/mol. The zero-order chi connectivity index (χ0) is 40.6. The third kappa shape index (κ3) is 12.7. The van der Waals surface area contributed by atoms with Gasteiger partial charge in [-0.2, -0.15) is 0 Å². The molecule has 56 heavy (non-hydrogen) atoms. The minimum atomic E-state index is -3.36. The van der Waals surface area contributed by atoms with Crippen LogP contribution in [0.15, 0.2) is 97.1 Å². The molecule has 13 heteroatoms. The van der Waals surface area contributed by atoms with Crippen LogP contribution in [0.2, 0.25) is 0 Å². The summed E-state index contributed by atoms with van der Waals surface area (Å²) >= 11 is 0. The first-order chi connectivity index (χ1) is 26.9. The Balaban J connectivity index is 1.61. The highest BCUT2D eigenvalue weighted by Gasteiger charge is 2.54. The monoisotopic (exact) mass is 790 g/mol. The van der Waals surface area contributed by atoms with Gasteiger partial charge in [-0.25, -0.2) is 18.0 Å². The van der Waals surface area contributed by atoms with Crippen molar-refractivity contribution in [2.45, 2.75) is 64.6 Å². The lowest BCUT2D eigenvalue weighted by atomic mass is 9.74. The molecule has 0 spiro atoms. The number of esters is 2. The standard InChI is InChI=1S/C43H54N2O10S/c1-6-50-40(41(46)51-7-2)39(34-16-24-38(25-17-34)54-28-26-31-10-18-35(44)19-11-31)43(55-9-4,42(47)52-8-3)30-33-14-22-37(23-15-33)53-29-27-32-12-20-36(21-13-32)45-56(5,48)49/h10-25,39-40,45H,6-9,26-30,44H2,1-5H3. The smallest absolute Gasteiger partial charge is 0.339 e. The molecule has 0 saturated carbocycles. The number of nitrogens with one attached hydrogen (secondary N) is 1. The molecule has 0 aliphatic rings. The molecule has 4 aromatic carbocycles. The highest BCUT2D eigenvalue weighted by atomic mass is 32.2. The minimum Gasteiger partial charge on any atom is -0.493 e. The first kappa shape index (κ1) is 43.6. The second-order valence-electron chi connectivity index (χ2n) is 13.0. The molecule has 3 N–H and O–H groups in total. The molecule has 0 fully saturated rings. The van der Waals surface area contributed by atoms with Crippen LogP contribution in [-0.2, 0) is 57.8 Å². The predicted octanol–water partition coefficient (Wildman–Crippen LogP) is 6.52. The number of benzene rings is 4. The molecule has 12 nitrogen and oxygen atoms in total. The second kappa shape index (κ2) is 21.3. The van der Waals surface area contributed by atoms with Gasteiger partial charge in [-0.05, 0) is 98.5 Å². The Hall–Kier alpha value is -5.11. The minimum absolute atomic E-state index is 0.0430. The van der Waals surface area contributed by atoms with Crippen molar-refractivity contribution in [1.82, 2.24) is 0 Å². The van der Waals surface area contributed by atoms with Crippen LogP contribution in [0.4, 0.5) is 11.4 Å². The number of anilines is 2. The molecule has 4 rings (SSSR count). The van der Waals surface area contributed by atoms with Gasteiger partial charge >= 0.3 is 11.9 Å². The van der Waals surface area contributed by atoms with Crippen molar-refractivity contribution in [2.24, 2.45) is 0 Å². The van der Waals surface area contributed by atoms with Crippen molar-refractivity contribution in [2.75, 3.05) is 56.4 Å². The van der Waals surface area contributed by atoms with E-state index in [2.05, 4.69) is 4.72 Å². The van der Waals surface area contributed by atoms with Crippen LogP contribution in [0.25, 0.3) is 0 Å². The summed E-state index contributed by atoms with van der Waals surface area (Å²) in [6.45, 7) is 8.32. The zero-order valence-corrected chi connectivity index (χ0v) is 33.6. The maximum absolute atomic E-state index is 14.3. The van der Waals surface area contributed by atoms with Crippen LogP contribution in [0.5, 0.6) is 11.5 Å². The Morgan fingerprint density at radius 1 is 0.679 bits per heavy atom. The van der Waals surface area contributed by atoms with E-state index in [1.807, 2.05) is 72.8 Å². The van der Waals surface area contributed by atoms with Crippen LogP contribution < -0.4 is 19.9 Å². The van der Waals surface area contributed by atoms with Gasteiger partial charge in [-0.3, -0.25) is 4.72 Å². The highest BCUT2D eigenvalue weighted by molar-refractivity contribution is 7.92. The fraction of sp³-hybridized carbons (Fsp3) is 0.395. The van der Waals surface area contributed by atoms with E-state index >= 15 is 0 Å². The summed E-state index contributed by atoms with van der Waals surface area (Å²) in [6.07, 6.45) is 1.21. The largest absolute Gasteiger partial charge is 0.493 e. The molecular weight excluding hydrogens is 737 g/mol. The summed E-state index contributed by atoms with van der Waals surface area (Å²) in [5.41, 5.74) is 8.70. The van der Waals surface area contributed by atoms with Gasteiger partial charge in [0.05, 0.1) is 38.6 Å². The summed E-state index contributed by atoms with van der Waals surface area (Å²) in [7, 11) is -3.36. The molecule has 0 aromatic heterocycles. The van der Waals surface area contributed by atoms with E-state index in [9.17, 15) is 18.0 Å². The maximum atomic E-state index is 14.3. The number of hydrogen-bond acceptors (Lipinski definition) is 11. The normalized spacial score (nSPS) is 13.5. The first-order valence-electron chi connectivity index (χ1n) is 18.9. The fourth-order valence-electron chi connectivity index (χ4n) is 6.40. The molecule has 3 atom stereocenters. The third-order valence-corrected chi connectivity index (χ3v) is 9.48. The molecular formula is C43H54N2O10S. The second-order valence-corrected chi connectivity index (χ2v) is 14.8. The average molecular weight is 791 g/mol. The molecule has 4 aromatic rings. The van der Waals surface area contributed by atoms with Gasteiger partial charge in [0.1, 0.15) is 11.5 Å². The Bertz CT molecular complexity index is 1920. The van der Waals surface area contributed by atoms with E-state index < -0.39 is 39.6 Å². The van der Waals surface area contributed by atoms with E-state index in [1.54, 1.807) is 52.0 Å². The Kier molecular flexibility index (Phi) is 16.6. The van der Waals surface area contributed by atoms with E-state index in [4.69, 9.17) is 34.2 Å². The van der Waals surface area contributed by atoms with E-state index in [1.165, 1.54) is 0 Å². The van der Waals surface area contributed by atoms with Crippen molar-refractivity contribution >= 4 is 33.3 Å². The lowest BCUT2D eigenvalue weighted by Gasteiger charge is -2.41. The number of nitrogen functional groups attached to an aromatic ring is 1. The number of carbonyl (C=O) groups is 2. The van der Waals surface area contributed by atoms with Crippen LogP contribution in [0.3, 0.4) is 0 Å². The van der Waals surface area contributed by atoms with Crippen molar-refractivity contribution in [3.8, 4) is 11.5 Å². The summed E-state index contributed by atoms with van der Waals surface area (Å²) in [6, 6.07) is 29.3. The number of ether oxygens (including phenoxy) is 6. The van der Waals surface area contributed by atoms with Gasteiger partial charge < -0.3 is 34.2 Å². The number of rotatable bonds is 23. The Morgan fingerprint density at radius 2 is 1.20 bits per heavy atom. The van der Waals surface area contributed by atoms with E-state index in [-0.39, 0.29) is 32.8 Å². The molecule has 3 unspecified atom stereocenters. The Morgan fingerprint density at radius 3 is 1.70 bits per heavy atom. The third-order valence-electron chi connectivity index (χ3n) is 8.88. The van der Waals surface area contributed by atoms with Gasteiger partial charge in [0, 0.05) is 43.9 Å². The van der Waals surface area contributed by atoms with Crippen molar-refractivity contribution in [3.63, 3.8) is 0 Å². The SMILES string of the molecule is CCOC(=O)C(OCC)C(c1ccc(OCCc2ccc(N)cc2)cc1)C(Cc1ccc(OCCc2ccc(NS(C)(=O)=O)cc2)cc1)(OCC)C(=O)OCC. The van der Waals surface area contributed by atoms with Crippen molar-refractivity contribution in [3.05, 3.63) is 119 Å². The van der Waals surface area contributed by atoms with Crippen LogP contribution in [0, 0.1) is 0 Å². The summed E-state index contributed by atoms with van der Waals surface area (Å²) in [5.74, 6) is -1.02.